The smallest absolute Gasteiger partial charge is 0.264 e. The molecule has 2 aliphatic heterocycles. The first-order valence-electron chi connectivity index (χ1n) is 19.4. The zero-order chi connectivity index (χ0) is 41.0. The number of amides is 5. The maximum Gasteiger partial charge on any atom is 0.264 e. The minimum absolute atomic E-state index is 0.0523. The summed E-state index contributed by atoms with van der Waals surface area (Å²) in [6, 6.07) is 29.3. The fraction of sp³-hybridized carbons (Fsp3) is 0.311. The van der Waals surface area contributed by atoms with Crippen molar-refractivity contribution < 1.29 is 43.3 Å². The molecular weight excluding hydrogens is 741 g/mol. The molecule has 13 heteroatoms. The van der Waals surface area contributed by atoms with E-state index in [9.17, 15) is 29.1 Å². The highest BCUT2D eigenvalue weighted by atomic mass is 16.5. The van der Waals surface area contributed by atoms with Crippen LogP contribution in [0.5, 0.6) is 11.5 Å². The number of rotatable bonds is 19. The van der Waals surface area contributed by atoms with Crippen LogP contribution in [-0.2, 0) is 23.9 Å². The van der Waals surface area contributed by atoms with Gasteiger partial charge in [-0.3, -0.25) is 34.2 Å². The van der Waals surface area contributed by atoms with Gasteiger partial charge in [0.05, 0.1) is 50.5 Å². The molecule has 4 aromatic rings. The maximum atomic E-state index is 13.2. The van der Waals surface area contributed by atoms with Crippen molar-refractivity contribution in [2.24, 2.45) is 0 Å². The Kier molecular flexibility index (Phi) is 14.0. The van der Waals surface area contributed by atoms with Gasteiger partial charge in [0.25, 0.3) is 11.8 Å². The van der Waals surface area contributed by atoms with E-state index >= 15 is 0 Å². The molecule has 4 aromatic carbocycles. The molecule has 2 heterocycles. The lowest BCUT2D eigenvalue weighted by atomic mass is 9.88. The minimum atomic E-state index is -1.03. The molecule has 302 valence electrons. The highest BCUT2D eigenvalue weighted by molar-refractivity contribution is 6.25. The Hall–Kier alpha value is -6.31. The molecule has 1 fully saturated rings. The second-order valence-electron chi connectivity index (χ2n) is 13.9. The van der Waals surface area contributed by atoms with Crippen molar-refractivity contribution in [3.63, 3.8) is 0 Å². The minimum Gasteiger partial charge on any atom is -0.508 e. The number of nitrogens with one attached hydrogen (secondary N) is 2. The van der Waals surface area contributed by atoms with Crippen molar-refractivity contribution in [2.75, 3.05) is 58.5 Å². The third-order valence-corrected chi connectivity index (χ3v) is 10.1. The number of carbonyl (C=O) groups is 5. The number of likely N-dealkylation sites (N-methyl/N-ethyl adjacent to an activating group) is 1. The van der Waals surface area contributed by atoms with Crippen molar-refractivity contribution in [1.82, 2.24) is 15.1 Å². The van der Waals surface area contributed by atoms with Gasteiger partial charge in [-0.15, -0.1) is 0 Å². The van der Waals surface area contributed by atoms with Crippen LogP contribution in [0.15, 0.2) is 97.1 Å². The summed E-state index contributed by atoms with van der Waals surface area (Å²) in [5.41, 5.74) is 6.30. The normalized spacial score (nSPS) is 15.5. The molecule has 2 aliphatic rings. The summed E-state index contributed by atoms with van der Waals surface area (Å²) in [6.07, 6.45) is 1.17. The fourth-order valence-corrected chi connectivity index (χ4v) is 7.04. The van der Waals surface area contributed by atoms with Crippen LogP contribution in [0.4, 0.5) is 5.69 Å². The number of aromatic hydroxyl groups is 1. The third kappa shape index (κ3) is 9.97. The van der Waals surface area contributed by atoms with E-state index in [1.165, 1.54) is 5.57 Å². The van der Waals surface area contributed by atoms with Crippen LogP contribution in [0.1, 0.15) is 70.0 Å². The lowest BCUT2D eigenvalue weighted by Crippen LogP contribution is -2.54. The van der Waals surface area contributed by atoms with Crippen molar-refractivity contribution in [2.45, 2.75) is 38.6 Å². The number of hydrogen-bond donors (Lipinski definition) is 3. The lowest BCUT2D eigenvalue weighted by Gasteiger charge is -2.27. The van der Waals surface area contributed by atoms with E-state index in [0.29, 0.717) is 51.0 Å². The van der Waals surface area contributed by atoms with Crippen molar-refractivity contribution in [3.05, 3.63) is 125 Å². The standard InChI is InChI=1S/C45H48N4O9/c1-3-35(30-8-5-4-6-9-30)41(31-12-16-33(50)17-13-31)32-14-18-34(19-15-32)58-27-24-48(2)40(52)22-25-56-28-29-57-26-23-46-37-11-7-10-36-42(37)45(55)49(44(36)54)38-20-21-39(51)47-43(38)53/h4-19,38,46,50H,3,20-29H2,1-2H3,(H,47,51,53). The second-order valence-corrected chi connectivity index (χ2v) is 13.9. The number of piperidine rings is 1. The predicted octanol–water partition coefficient (Wildman–Crippen LogP) is 5.54. The number of nitrogens with zero attached hydrogens (tertiary/aromatic N) is 2. The average molecular weight is 789 g/mol. The highest BCUT2D eigenvalue weighted by Crippen LogP contribution is 2.36. The molecule has 6 rings (SSSR count). The van der Waals surface area contributed by atoms with E-state index in [-0.39, 0.29) is 48.7 Å². The summed E-state index contributed by atoms with van der Waals surface area (Å²) in [5, 5.41) is 15.2. The van der Waals surface area contributed by atoms with Crippen LogP contribution >= 0.6 is 0 Å². The molecular formula is C45H48N4O9. The van der Waals surface area contributed by atoms with E-state index < -0.39 is 29.7 Å². The van der Waals surface area contributed by atoms with Gasteiger partial charge in [-0.1, -0.05) is 67.6 Å². The van der Waals surface area contributed by atoms with Gasteiger partial charge in [-0.05, 0) is 77.1 Å². The first-order chi connectivity index (χ1) is 28.2. The molecule has 0 radical (unpaired) electrons. The van der Waals surface area contributed by atoms with Crippen LogP contribution in [0.3, 0.4) is 0 Å². The summed E-state index contributed by atoms with van der Waals surface area (Å²) in [4.78, 5) is 65.4. The summed E-state index contributed by atoms with van der Waals surface area (Å²) in [7, 11) is 1.73. The number of carbonyl (C=O) groups excluding carboxylic acids is 5. The van der Waals surface area contributed by atoms with E-state index in [1.807, 2.05) is 54.6 Å². The van der Waals surface area contributed by atoms with Crippen molar-refractivity contribution in [3.8, 4) is 11.5 Å². The van der Waals surface area contributed by atoms with Gasteiger partial charge in [0.2, 0.25) is 17.7 Å². The van der Waals surface area contributed by atoms with E-state index in [4.69, 9.17) is 14.2 Å². The van der Waals surface area contributed by atoms with Crippen LogP contribution in [0.2, 0.25) is 0 Å². The number of anilines is 1. The predicted molar refractivity (Wildman–Crippen MR) is 218 cm³/mol. The van der Waals surface area contributed by atoms with E-state index in [2.05, 4.69) is 29.7 Å². The molecule has 1 unspecified atom stereocenters. The zero-order valence-corrected chi connectivity index (χ0v) is 32.7. The van der Waals surface area contributed by atoms with E-state index in [0.717, 1.165) is 33.6 Å². The molecule has 0 aromatic heterocycles. The largest absolute Gasteiger partial charge is 0.508 e. The Morgan fingerprint density at radius 2 is 1.50 bits per heavy atom. The topological polar surface area (TPSA) is 164 Å². The number of imide groups is 2. The van der Waals surface area contributed by atoms with Gasteiger partial charge in [-0.2, -0.15) is 0 Å². The molecule has 13 nitrogen and oxygen atoms in total. The molecule has 1 atom stereocenters. The van der Waals surface area contributed by atoms with Crippen LogP contribution < -0.4 is 15.4 Å². The highest BCUT2D eigenvalue weighted by Gasteiger charge is 2.45. The molecule has 5 amide bonds. The Bertz CT molecular complexity index is 2140. The first kappa shape index (κ1) is 41.3. The third-order valence-electron chi connectivity index (χ3n) is 10.1. The Balaban J connectivity index is 0.879. The number of hydrogen-bond acceptors (Lipinski definition) is 10. The quantitative estimate of drug-likeness (QED) is 0.0625. The van der Waals surface area contributed by atoms with Crippen LogP contribution in [0, 0.1) is 0 Å². The van der Waals surface area contributed by atoms with Crippen LogP contribution in [0.25, 0.3) is 11.1 Å². The summed E-state index contributed by atoms with van der Waals surface area (Å²) in [5.74, 6) is -1.39. The molecule has 0 spiro atoms. The van der Waals surface area contributed by atoms with Gasteiger partial charge < -0.3 is 29.5 Å². The Morgan fingerprint density at radius 3 is 2.19 bits per heavy atom. The SMILES string of the molecule is CCC(=C(c1ccc(O)cc1)c1ccc(OCCN(C)C(=O)CCOCCOCCNc2cccc3c2C(=O)N(C2CCC(=O)NC2=O)C3=O)cc1)c1ccccc1. The molecule has 0 bridgehead atoms. The number of allylic oxidation sites excluding steroid dienone is 1. The summed E-state index contributed by atoms with van der Waals surface area (Å²) >= 11 is 0. The Morgan fingerprint density at radius 1 is 0.810 bits per heavy atom. The molecule has 1 saturated heterocycles. The van der Waals surface area contributed by atoms with Crippen LogP contribution in [-0.4, -0.2) is 104 Å². The molecule has 3 N–H and O–H groups in total. The number of phenols is 1. The fourth-order valence-electron chi connectivity index (χ4n) is 7.04. The summed E-state index contributed by atoms with van der Waals surface area (Å²) < 4.78 is 17.2. The van der Waals surface area contributed by atoms with Gasteiger partial charge in [0.1, 0.15) is 24.1 Å². The molecule has 58 heavy (non-hydrogen) atoms. The zero-order valence-electron chi connectivity index (χ0n) is 32.7. The van der Waals surface area contributed by atoms with Gasteiger partial charge >= 0.3 is 0 Å². The number of fused-ring (bicyclic) bond motifs is 1. The van der Waals surface area contributed by atoms with Gasteiger partial charge in [-0.25, -0.2) is 0 Å². The monoisotopic (exact) mass is 788 g/mol. The number of benzene rings is 4. The average Bonchev–Trinajstić information content (AvgIpc) is 3.49. The lowest BCUT2D eigenvalue weighted by molar-refractivity contribution is -0.136. The first-order valence-corrected chi connectivity index (χ1v) is 19.4. The molecule has 0 saturated carbocycles. The van der Waals surface area contributed by atoms with Gasteiger partial charge in [0.15, 0.2) is 0 Å². The Labute approximate surface area is 337 Å². The number of ether oxygens (including phenoxy) is 3. The van der Waals surface area contributed by atoms with Gasteiger partial charge in [0, 0.05) is 25.7 Å². The van der Waals surface area contributed by atoms with E-state index in [1.54, 1.807) is 42.3 Å². The summed E-state index contributed by atoms with van der Waals surface area (Å²) in [6.45, 7) is 4.33. The second kappa shape index (κ2) is 19.7. The van der Waals surface area contributed by atoms with Crippen molar-refractivity contribution in [1.29, 1.82) is 0 Å². The van der Waals surface area contributed by atoms with Crippen molar-refractivity contribution >= 4 is 46.4 Å². The maximum absolute atomic E-state index is 13.2. The number of phenolic OH excluding ortho intramolecular Hbond substituents is 1. The molecule has 0 aliphatic carbocycles.